The normalized spacial score (nSPS) is 10.4. The number of allylic oxidation sites excluding steroid dienone is 1. The third-order valence-electron chi connectivity index (χ3n) is 1.93. The van der Waals surface area contributed by atoms with Crippen LogP contribution in [-0.2, 0) is 9.59 Å². The number of carbonyl (C=O) groups excluding carboxylic acids is 2. The maximum absolute atomic E-state index is 11.4. The number of rotatable bonds is 7. The van der Waals surface area contributed by atoms with Gasteiger partial charge in [-0.3, -0.25) is 14.5 Å². The minimum Gasteiger partial charge on any atom is -0.353 e. The van der Waals surface area contributed by atoms with Gasteiger partial charge in [0, 0.05) is 19.0 Å². The first-order chi connectivity index (χ1) is 8.45. The average molecular weight is 256 g/mol. The molecule has 0 unspecified atom stereocenters. The largest absolute Gasteiger partial charge is 0.353 e. The summed E-state index contributed by atoms with van der Waals surface area (Å²) in [6.45, 7) is 10.6. The molecule has 0 aliphatic carbocycles. The highest BCUT2D eigenvalue weighted by atomic mass is 16.2. The molecule has 0 aromatic rings. The lowest BCUT2D eigenvalue weighted by atomic mass is 10.3. The Bertz CT molecular complexity index is 261. The van der Waals surface area contributed by atoms with Crippen LogP contribution >= 0.6 is 0 Å². The van der Waals surface area contributed by atoms with Crippen molar-refractivity contribution in [2.75, 3.05) is 20.1 Å². The predicted octanol–water partition coefficient (Wildman–Crippen LogP) is 2.00. The van der Waals surface area contributed by atoms with Gasteiger partial charge < -0.3 is 5.32 Å². The number of amides is 1. The number of nitrogens with zero attached hydrogens (tertiary/aromatic N) is 1. The van der Waals surface area contributed by atoms with Crippen LogP contribution in [-0.4, -0.2) is 42.8 Å². The average Bonchev–Trinajstić information content (AvgIpc) is 2.30. The summed E-state index contributed by atoms with van der Waals surface area (Å²) in [6.07, 6.45) is 3.87. The fraction of sp³-hybridized carbons (Fsp3) is 0.714. The quantitative estimate of drug-likeness (QED) is 0.709. The second-order valence-electron chi connectivity index (χ2n) is 4.14. The fourth-order valence-corrected chi connectivity index (χ4v) is 1.16. The minimum absolute atomic E-state index is 0.00715. The molecule has 0 atom stereocenters. The first-order valence-electron chi connectivity index (χ1n) is 6.63. The van der Waals surface area contributed by atoms with Crippen molar-refractivity contribution < 1.29 is 9.59 Å². The van der Waals surface area contributed by atoms with E-state index >= 15 is 0 Å². The molecule has 4 nitrogen and oxygen atoms in total. The highest BCUT2D eigenvalue weighted by Crippen LogP contribution is 1.88. The van der Waals surface area contributed by atoms with Crippen LogP contribution in [0.15, 0.2) is 12.2 Å². The summed E-state index contributed by atoms with van der Waals surface area (Å²) in [5.41, 5.74) is 0. The summed E-state index contributed by atoms with van der Waals surface area (Å²) in [4.78, 5) is 24.2. The topological polar surface area (TPSA) is 49.4 Å². The number of hydrogen-bond donors (Lipinski definition) is 1. The van der Waals surface area contributed by atoms with Crippen molar-refractivity contribution in [1.82, 2.24) is 10.2 Å². The third-order valence-corrected chi connectivity index (χ3v) is 1.93. The molecule has 0 radical (unpaired) electrons. The highest BCUT2D eigenvalue weighted by Gasteiger charge is 2.05. The number of likely N-dealkylation sites (N-methyl/N-ethyl adjacent to an activating group) is 1. The van der Waals surface area contributed by atoms with Crippen molar-refractivity contribution >= 4 is 11.7 Å². The van der Waals surface area contributed by atoms with Crippen molar-refractivity contribution in [2.24, 2.45) is 0 Å². The van der Waals surface area contributed by atoms with E-state index < -0.39 is 0 Å². The minimum atomic E-state index is 0.00715. The van der Waals surface area contributed by atoms with Crippen LogP contribution < -0.4 is 5.32 Å². The van der Waals surface area contributed by atoms with E-state index in [0.717, 1.165) is 0 Å². The van der Waals surface area contributed by atoms with E-state index in [0.29, 0.717) is 19.5 Å². The molecule has 0 heterocycles. The van der Waals surface area contributed by atoms with E-state index in [1.54, 1.807) is 12.2 Å². The standard InChI is InChI=1S/C12H22N2O2.C2H6/c1-5-11(15)7-6-8-14(4)9-12(16)13-10(2)3;1-2/h6-7,10H,5,8-9H2,1-4H3,(H,13,16);1-2H3/b7-6+;. The number of nitrogens with one attached hydrogen (secondary N) is 1. The molecule has 0 fully saturated rings. The fourth-order valence-electron chi connectivity index (χ4n) is 1.16. The molecule has 106 valence electrons. The van der Waals surface area contributed by atoms with E-state index in [1.807, 2.05) is 46.6 Å². The van der Waals surface area contributed by atoms with Gasteiger partial charge in [0.25, 0.3) is 0 Å². The smallest absolute Gasteiger partial charge is 0.234 e. The van der Waals surface area contributed by atoms with Crippen molar-refractivity contribution in [2.45, 2.75) is 47.1 Å². The number of hydrogen-bond acceptors (Lipinski definition) is 3. The van der Waals surface area contributed by atoms with Crippen molar-refractivity contribution in [3.8, 4) is 0 Å². The molecule has 4 heteroatoms. The maximum atomic E-state index is 11.4. The monoisotopic (exact) mass is 256 g/mol. The van der Waals surface area contributed by atoms with Gasteiger partial charge >= 0.3 is 0 Å². The summed E-state index contributed by atoms with van der Waals surface area (Å²) in [5, 5.41) is 2.81. The van der Waals surface area contributed by atoms with Crippen LogP contribution in [0.1, 0.15) is 41.0 Å². The molecule has 0 bridgehead atoms. The lowest BCUT2D eigenvalue weighted by Crippen LogP contribution is -2.38. The summed E-state index contributed by atoms with van der Waals surface area (Å²) < 4.78 is 0. The Labute approximate surface area is 111 Å². The molecular weight excluding hydrogens is 228 g/mol. The molecule has 0 spiro atoms. The maximum Gasteiger partial charge on any atom is 0.234 e. The van der Waals surface area contributed by atoms with Gasteiger partial charge in [-0.05, 0) is 27.0 Å². The lowest BCUT2D eigenvalue weighted by molar-refractivity contribution is -0.122. The molecule has 0 aromatic heterocycles. The van der Waals surface area contributed by atoms with Crippen molar-refractivity contribution in [1.29, 1.82) is 0 Å². The van der Waals surface area contributed by atoms with E-state index in [-0.39, 0.29) is 17.7 Å². The van der Waals surface area contributed by atoms with E-state index in [1.165, 1.54) is 0 Å². The lowest BCUT2D eigenvalue weighted by Gasteiger charge is -2.15. The van der Waals surface area contributed by atoms with E-state index in [2.05, 4.69) is 5.32 Å². The Morgan fingerprint density at radius 3 is 2.28 bits per heavy atom. The van der Waals surface area contributed by atoms with Gasteiger partial charge in [-0.15, -0.1) is 0 Å². The Kier molecular flexibility index (Phi) is 13.1. The predicted molar refractivity (Wildman–Crippen MR) is 76.6 cm³/mol. The van der Waals surface area contributed by atoms with Gasteiger partial charge in [0.1, 0.15) is 0 Å². The zero-order chi connectivity index (χ0) is 14.6. The van der Waals surface area contributed by atoms with E-state index in [4.69, 9.17) is 0 Å². The van der Waals surface area contributed by atoms with E-state index in [9.17, 15) is 9.59 Å². The molecule has 0 rings (SSSR count). The Morgan fingerprint density at radius 2 is 1.83 bits per heavy atom. The molecule has 0 aromatic carbocycles. The molecular formula is C14H28N2O2. The summed E-state index contributed by atoms with van der Waals surface area (Å²) in [5.74, 6) is 0.118. The second-order valence-corrected chi connectivity index (χ2v) is 4.14. The molecule has 1 amide bonds. The van der Waals surface area contributed by atoms with Crippen LogP contribution in [0.4, 0.5) is 0 Å². The van der Waals surface area contributed by atoms with Gasteiger partial charge in [0.05, 0.1) is 6.54 Å². The van der Waals surface area contributed by atoms with Gasteiger partial charge in [-0.2, -0.15) is 0 Å². The summed E-state index contributed by atoms with van der Waals surface area (Å²) in [6, 6.07) is 0.165. The SMILES string of the molecule is CC.CCC(=O)/C=C/CN(C)CC(=O)NC(C)C. The number of carbonyl (C=O) groups is 2. The first kappa shape index (κ1) is 19.2. The Hall–Kier alpha value is -1.16. The van der Waals surface area contributed by atoms with Gasteiger partial charge in [-0.1, -0.05) is 26.8 Å². The molecule has 0 aliphatic rings. The molecule has 0 saturated carbocycles. The van der Waals surface area contributed by atoms with Gasteiger partial charge in [-0.25, -0.2) is 0 Å². The van der Waals surface area contributed by atoms with Crippen LogP contribution in [0, 0.1) is 0 Å². The molecule has 1 N–H and O–H groups in total. The summed E-state index contributed by atoms with van der Waals surface area (Å²) >= 11 is 0. The van der Waals surface area contributed by atoms with Crippen LogP contribution in [0.2, 0.25) is 0 Å². The Morgan fingerprint density at radius 1 is 1.28 bits per heavy atom. The molecule has 18 heavy (non-hydrogen) atoms. The molecule has 0 saturated heterocycles. The van der Waals surface area contributed by atoms with Crippen LogP contribution in [0.5, 0.6) is 0 Å². The number of ketones is 1. The third kappa shape index (κ3) is 12.9. The van der Waals surface area contributed by atoms with Crippen molar-refractivity contribution in [3.63, 3.8) is 0 Å². The molecule has 0 aliphatic heterocycles. The Balaban J connectivity index is 0. The van der Waals surface area contributed by atoms with Crippen LogP contribution in [0.3, 0.4) is 0 Å². The second kappa shape index (κ2) is 12.3. The zero-order valence-corrected chi connectivity index (χ0v) is 12.6. The highest BCUT2D eigenvalue weighted by molar-refractivity contribution is 5.89. The van der Waals surface area contributed by atoms with Gasteiger partial charge in [0.15, 0.2) is 5.78 Å². The summed E-state index contributed by atoms with van der Waals surface area (Å²) in [7, 11) is 1.85. The van der Waals surface area contributed by atoms with Crippen molar-refractivity contribution in [3.05, 3.63) is 12.2 Å². The zero-order valence-electron chi connectivity index (χ0n) is 12.6. The van der Waals surface area contributed by atoms with Crippen LogP contribution in [0.25, 0.3) is 0 Å². The van der Waals surface area contributed by atoms with Gasteiger partial charge in [0.2, 0.25) is 5.91 Å². The first-order valence-corrected chi connectivity index (χ1v) is 6.63.